The molecule has 0 amide bonds. The third-order valence-electron chi connectivity index (χ3n) is 4.39. The van der Waals surface area contributed by atoms with E-state index in [0.29, 0.717) is 33.6 Å². The van der Waals surface area contributed by atoms with Crippen LogP contribution in [0.3, 0.4) is 0 Å². The van der Waals surface area contributed by atoms with Crippen molar-refractivity contribution in [1.82, 2.24) is 15.2 Å². The van der Waals surface area contributed by atoms with Crippen LogP contribution in [-0.2, 0) is 0 Å². The molecule has 6 nitrogen and oxygen atoms in total. The Bertz CT molecular complexity index is 1000. The number of nitrogens with zero attached hydrogens (tertiary/aromatic N) is 2. The molecule has 0 saturated carbocycles. The van der Waals surface area contributed by atoms with Crippen molar-refractivity contribution in [2.45, 2.75) is 45.1 Å². The number of Topliss-reactive ketones (excluding diaryl/α,β-unsaturated/α-hetero) is 2. The lowest BCUT2D eigenvalue weighted by Crippen LogP contribution is -2.15. The van der Waals surface area contributed by atoms with E-state index in [2.05, 4.69) is 15.2 Å². The Labute approximate surface area is 161 Å². The summed E-state index contributed by atoms with van der Waals surface area (Å²) in [7, 11) is 0. The van der Waals surface area contributed by atoms with Gasteiger partial charge in [-0.2, -0.15) is 0 Å². The number of aromatic nitrogens is 3. The number of carbonyl (C=O) groups excluding carboxylic acids is 2. The molecule has 1 N–H and O–H groups in total. The summed E-state index contributed by atoms with van der Waals surface area (Å²) < 4.78 is 5.69. The Hall–Kier alpha value is -2.67. The van der Waals surface area contributed by atoms with Crippen LogP contribution < -0.4 is 0 Å². The van der Waals surface area contributed by atoms with Crippen LogP contribution in [0.5, 0.6) is 0 Å². The summed E-state index contributed by atoms with van der Waals surface area (Å²) in [5.74, 6) is 0.256. The van der Waals surface area contributed by atoms with Crippen molar-refractivity contribution < 1.29 is 14.0 Å². The van der Waals surface area contributed by atoms with Gasteiger partial charge >= 0.3 is 0 Å². The molecule has 0 aliphatic rings. The highest BCUT2D eigenvalue weighted by Crippen LogP contribution is 2.29. The number of nitrogens with one attached hydrogen (secondary N) is 1. The monoisotopic (exact) mass is 383 g/mol. The van der Waals surface area contributed by atoms with Crippen molar-refractivity contribution in [3.63, 3.8) is 0 Å². The zero-order chi connectivity index (χ0) is 19.7. The third kappa shape index (κ3) is 3.88. The SMILES string of the molecule is CC(=O)c1c(C)[nH]c(C(=O)[C@H](C)Sc2nnc(-c3ccc(C)cc3)o2)c1C. The van der Waals surface area contributed by atoms with Crippen molar-refractivity contribution in [1.29, 1.82) is 0 Å². The lowest BCUT2D eigenvalue weighted by atomic mass is 10.0. The molecule has 27 heavy (non-hydrogen) atoms. The second-order valence-electron chi connectivity index (χ2n) is 6.54. The molecule has 2 aromatic heterocycles. The summed E-state index contributed by atoms with van der Waals surface area (Å²) in [6.45, 7) is 8.87. The number of ketones is 2. The predicted octanol–water partition coefficient (Wildman–Crippen LogP) is 4.56. The normalized spacial score (nSPS) is 12.2. The molecule has 3 rings (SSSR count). The van der Waals surface area contributed by atoms with Crippen molar-refractivity contribution in [2.75, 3.05) is 0 Å². The lowest BCUT2D eigenvalue weighted by Gasteiger charge is -2.07. The van der Waals surface area contributed by atoms with Gasteiger partial charge in [0.1, 0.15) is 0 Å². The number of hydrogen-bond acceptors (Lipinski definition) is 6. The molecule has 0 spiro atoms. The minimum absolute atomic E-state index is 0.0553. The Balaban J connectivity index is 1.77. The first-order valence-electron chi connectivity index (χ1n) is 8.59. The van der Waals surface area contributed by atoms with Gasteiger partial charge in [0.15, 0.2) is 11.6 Å². The molecule has 7 heteroatoms. The van der Waals surface area contributed by atoms with Crippen LogP contribution in [0.15, 0.2) is 33.9 Å². The average molecular weight is 383 g/mol. The number of aryl methyl sites for hydroxylation is 2. The predicted molar refractivity (Wildman–Crippen MR) is 104 cm³/mol. The number of hydrogen-bond donors (Lipinski definition) is 1. The van der Waals surface area contributed by atoms with Gasteiger partial charge in [0.05, 0.1) is 10.9 Å². The number of thioether (sulfide) groups is 1. The number of rotatable bonds is 6. The maximum atomic E-state index is 12.8. The minimum Gasteiger partial charge on any atom is -0.411 e. The van der Waals surface area contributed by atoms with Crippen molar-refractivity contribution >= 4 is 23.3 Å². The standard InChI is InChI=1S/C20H21N3O3S/c1-10-6-8-15(9-7-10)19-22-23-20(26-19)27-14(5)18(25)17-11(2)16(13(4)24)12(3)21-17/h6-9,14,21H,1-5H3/t14-/m0/s1. The van der Waals surface area contributed by atoms with Gasteiger partial charge in [-0.25, -0.2) is 0 Å². The molecular weight excluding hydrogens is 362 g/mol. The summed E-state index contributed by atoms with van der Waals surface area (Å²) in [5.41, 5.74) is 4.41. The number of carbonyl (C=O) groups is 2. The first-order valence-corrected chi connectivity index (χ1v) is 9.47. The second kappa shape index (κ2) is 7.52. The molecule has 3 aromatic rings. The zero-order valence-corrected chi connectivity index (χ0v) is 16.7. The molecule has 0 aliphatic carbocycles. The Morgan fingerprint density at radius 2 is 1.78 bits per heavy atom. The van der Waals surface area contributed by atoms with Gasteiger partial charge in [-0.3, -0.25) is 9.59 Å². The summed E-state index contributed by atoms with van der Waals surface area (Å²) in [4.78, 5) is 27.6. The van der Waals surface area contributed by atoms with Crippen LogP contribution in [0.1, 0.15) is 51.5 Å². The first kappa shape index (κ1) is 19.1. The molecule has 0 unspecified atom stereocenters. The first-order chi connectivity index (χ1) is 12.8. The molecule has 0 saturated heterocycles. The highest BCUT2D eigenvalue weighted by Gasteiger charge is 2.25. The number of aromatic amines is 1. The van der Waals surface area contributed by atoms with E-state index in [1.54, 1.807) is 20.8 Å². The summed E-state index contributed by atoms with van der Waals surface area (Å²) >= 11 is 1.20. The molecule has 0 fully saturated rings. The van der Waals surface area contributed by atoms with Crippen molar-refractivity contribution in [3.8, 4) is 11.5 Å². The van der Waals surface area contributed by atoms with Gasteiger partial charge in [-0.1, -0.05) is 29.5 Å². The summed E-state index contributed by atoms with van der Waals surface area (Å²) in [5, 5.41) is 7.99. The lowest BCUT2D eigenvalue weighted by molar-refractivity contribution is 0.0988. The summed E-state index contributed by atoms with van der Waals surface area (Å²) in [6.07, 6.45) is 0. The van der Waals surface area contributed by atoms with Crippen LogP contribution in [0, 0.1) is 20.8 Å². The number of benzene rings is 1. The van der Waals surface area contributed by atoms with Crippen molar-refractivity contribution in [2.24, 2.45) is 0 Å². The number of H-pyrrole nitrogens is 1. The maximum absolute atomic E-state index is 12.8. The van der Waals surface area contributed by atoms with E-state index in [4.69, 9.17) is 4.42 Å². The highest BCUT2D eigenvalue weighted by molar-refractivity contribution is 8.00. The van der Waals surface area contributed by atoms with Crippen LogP contribution in [0.4, 0.5) is 0 Å². The summed E-state index contributed by atoms with van der Waals surface area (Å²) in [6, 6.07) is 7.78. The van der Waals surface area contributed by atoms with E-state index in [-0.39, 0.29) is 11.6 Å². The average Bonchev–Trinajstić information content (AvgIpc) is 3.19. The fraction of sp³-hybridized carbons (Fsp3) is 0.300. The van der Waals surface area contributed by atoms with Gasteiger partial charge in [0, 0.05) is 16.8 Å². The van der Waals surface area contributed by atoms with Gasteiger partial charge in [-0.15, -0.1) is 10.2 Å². The van der Waals surface area contributed by atoms with E-state index in [9.17, 15) is 9.59 Å². The zero-order valence-electron chi connectivity index (χ0n) is 15.9. The quantitative estimate of drug-likeness (QED) is 0.496. The molecular formula is C20H21N3O3S. The van der Waals surface area contributed by atoms with E-state index in [1.807, 2.05) is 31.2 Å². The van der Waals surface area contributed by atoms with Gasteiger partial charge in [0.2, 0.25) is 5.89 Å². The fourth-order valence-corrected chi connectivity index (χ4v) is 3.75. The van der Waals surface area contributed by atoms with Crippen LogP contribution >= 0.6 is 11.8 Å². The molecule has 1 aromatic carbocycles. The van der Waals surface area contributed by atoms with E-state index in [1.165, 1.54) is 18.7 Å². The van der Waals surface area contributed by atoms with E-state index < -0.39 is 5.25 Å². The highest BCUT2D eigenvalue weighted by atomic mass is 32.2. The van der Waals surface area contributed by atoms with Crippen LogP contribution in [0.25, 0.3) is 11.5 Å². The smallest absolute Gasteiger partial charge is 0.277 e. The molecule has 0 bridgehead atoms. The second-order valence-corrected chi connectivity index (χ2v) is 7.84. The van der Waals surface area contributed by atoms with Gasteiger partial charge in [-0.05, 0) is 52.3 Å². The molecule has 0 radical (unpaired) electrons. The largest absolute Gasteiger partial charge is 0.411 e. The minimum atomic E-state index is -0.437. The molecule has 0 aliphatic heterocycles. The molecule has 2 heterocycles. The van der Waals surface area contributed by atoms with Crippen LogP contribution in [-0.4, -0.2) is 32.0 Å². The topological polar surface area (TPSA) is 88.9 Å². The van der Waals surface area contributed by atoms with Gasteiger partial charge in [0.25, 0.3) is 5.22 Å². The van der Waals surface area contributed by atoms with Crippen LogP contribution in [0.2, 0.25) is 0 Å². The Morgan fingerprint density at radius 1 is 1.11 bits per heavy atom. The third-order valence-corrected chi connectivity index (χ3v) is 5.32. The van der Waals surface area contributed by atoms with Gasteiger partial charge < -0.3 is 9.40 Å². The fourth-order valence-electron chi connectivity index (χ4n) is 3.00. The van der Waals surface area contributed by atoms with E-state index in [0.717, 1.165) is 11.1 Å². The van der Waals surface area contributed by atoms with Crippen molar-refractivity contribution in [3.05, 3.63) is 52.3 Å². The Kier molecular flexibility index (Phi) is 5.32. The Morgan fingerprint density at radius 3 is 2.37 bits per heavy atom. The maximum Gasteiger partial charge on any atom is 0.277 e. The van der Waals surface area contributed by atoms with E-state index >= 15 is 0 Å². The molecule has 1 atom stereocenters. The molecule has 140 valence electrons.